The molecule has 0 radical (unpaired) electrons. The third-order valence-corrected chi connectivity index (χ3v) is 2.99. The van der Waals surface area contributed by atoms with Crippen molar-refractivity contribution in [1.29, 1.82) is 0 Å². The monoisotopic (exact) mass is 280 g/mol. The number of rotatable bonds is 10. The Morgan fingerprint density at radius 3 is 2.55 bits per heavy atom. The molecule has 3 heteroatoms. The topological polar surface area (TPSA) is 33.6 Å². The van der Waals surface area contributed by atoms with Crippen LogP contribution in [0.15, 0.2) is 29.3 Å². The molecular formula is C17H32N2O. The lowest BCUT2D eigenvalue weighted by Crippen LogP contribution is -2.20. The fourth-order valence-corrected chi connectivity index (χ4v) is 1.40. The molecule has 0 amide bonds. The molecular weight excluding hydrogens is 248 g/mol. The Balaban J connectivity index is 3.76. The molecule has 0 aliphatic carbocycles. The van der Waals surface area contributed by atoms with Gasteiger partial charge in [-0.2, -0.15) is 0 Å². The quantitative estimate of drug-likeness (QED) is 0.377. The number of aliphatic imine (C=N–C) groups is 1. The highest BCUT2D eigenvalue weighted by atomic mass is 16.5. The summed E-state index contributed by atoms with van der Waals surface area (Å²) in [6.45, 7) is 19.0. The molecule has 0 fully saturated rings. The summed E-state index contributed by atoms with van der Waals surface area (Å²) in [5.41, 5.74) is 2.30. The van der Waals surface area contributed by atoms with Crippen LogP contribution in [-0.4, -0.2) is 38.6 Å². The van der Waals surface area contributed by atoms with Crippen LogP contribution in [0.2, 0.25) is 0 Å². The molecule has 0 saturated heterocycles. The summed E-state index contributed by atoms with van der Waals surface area (Å²) < 4.78 is 5.28. The summed E-state index contributed by atoms with van der Waals surface area (Å²) in [5, 5.41) is 3.36. The average Bonchev–Trinajstić information content (AvgIpc) is 2.37. The summed E-state index contributed by atoms with van der Waals surface area (Å²) in [4.78, 5) is 4.51. The first-order chi connectivity index (χ1) is 9.38. The molecule has 0 aliphatic rings. The molecule has 0 bridgehead atoms. The molecule has 0 aliphatic heterocycles. The van der Waals surface area contributed by atoms with E-state index in [1.165, 1.54) is 0 Å². The first-order valence-electron chi connectivity index (χ1n) is 7.55. The van der Waals surface area contributed by atoms with E-state index in [4.69, 9.17) is 4.74 Å². The van der Waals surface area contributed by atoms with Gasteiger partial charge in [0.15, 0.2) is 0 Å². The lowest BCUT2D eigenvalue weighted by atomic mass is 9.87. The average molecular weight is 280 g/mol. The van der Waals surface area contributed by atoms with E-state index in [9.17, 15) is 0 Å². The van der Waals surface area contributed by atoms with Gasteiger partial charge in [0.25, 0.3) is 0 Å². The Kier molecular flexibility index (Phi) is 10.3. The molecule has 0 saturated carbocycles. The van der Waals surface area contributed by atoms with E-state index in [-0.39, 0.29) is 5.41 Å². The van der Waals surface area contributed by atoms with Gasteiger partial charge in [0, 0.05) is 25.5 Å². The predicted molar refractivity (Wildman–Crippen MR) is 89.7 cm³/mol. The standard InChI is InChI=1S/C17H32N2O/c1-7-20-14-8-11-18-12-13-19-16(3)10-9-15(2)17(4,5)6/h9-10,18H,2,7-8,11-14H2,1,3-6H3/b10-9-,19-16?. The molecule has 3 nitrogen and oxygen atoms in total. The van der Waals surface area contributed by atoms with Gasteiger partial charge in [-0.05, 0) is 43.9 Å². The lowest BCUT2D eigenvalue weighted by molar-refractivity contribution is 0.145. The summed E-state index contributed by atoms with van der Waals surface area (Å²) in [6, 6.07) is 0. The van der Waals surface area contributed by atoms with Crippen molar-refractivity contribution < 1.29 is 4.74 Å². The molecule has 0 rings (SSSR count). The molecule has 0 aromatic heterocycles. The second-order valence-corrected chi connectivity index (χ2v) is 5.93. The van der Waals surface area contributed by atoms with Crippen LogP contribution in [-0.2, 0) is 4.74 Å². The molecule has 116 valence electrons. The molecule has 20 heavy (non-hydrogen) atoms. The second kappa shape index (κ2) is 10.8. The highest BCUT2D eigenvalue weighted by Gasteiger charge is 2.11. The normalized spacial score (nSPS) is 13.2. The fraction of sp³-hybridized carbons (Fsp3) is 0.706. The van der Waals surface area contributed by atoms with E-state index in [0.29, 0.717) is 0 Å². The largest absolute Gasteiger partial charge is 0.382 e. The van der Waals surface area contributed by atoms with Crippen molar-refractivity contribution >= 4 is 5.71 Å². The van der Waals surface area contributed by atoms with E-state index < -0.39 is 0 Å². The van der Waals surface area contributed by atoms with E-state index in [2.05, 4.69) is 43.7 Å². The van der Waals surface area contributed by atoms with Crippen LogP contribution in [0.3, 0.4) is 0 Å². The van der Waals surface area contributed by atoms with Crippen LogP contribution in [0.1, 0.15) is 41.0 Å². The minimum atomic E-state index is 0.124. The lowest BCUT2D eigenvalue weighted by Gasteiger charge is -2.18. The zero-order chi connectivity index (χ0) is 15.4. The van der Waals surface area contributed by atoms with Crippen molar-refractivity contribution in [3.63, 3.8) is 0 Å². The highest BCUT2D eigenvalue weighted by molar-refractivity contribution is 5.93. The van der Waals surface area contributed by atoms with E-state index in [1.54, 1.807) is 0 Å². The van der Waals surface area contributed by atoms with Crippen molar-refractivity contribution in [2.45, 2.75) is 41.0 Å². The Morgan fingerprint density at radius 1 is 1.25 bits per heavy atom. The summed E-state index contributed by atoms with van der Waals surface area (Å²) in [6.07, 6.45) is 5.17. The van der Waals surface area contributed by atoms with Crippen LogP contribution in [0.4, 0.5) is 0 Å². The maximum absolute atomic E-state index is 5.28. The van der Waals surface area contributed by atoms with Crippen LogP contribution in [0, 0.1) is 5.41 Å². The van der Waals surface area contributed by atoms with Gasteiger partial charge in [-0.1, -0.05) is 33.4 Å². The fourth-order valence-electron chi connectivity index (χ4n) is 1.40. The number of hydrogen-bond acceptors (Lipinski definition) is 3. The number of ether oxygens (including phenoxy) is 1. The minimum absolute atomic E-state index is 0.124. The van der Waals surface area contributed by atoms with E-state index >= 15 is 0 Å². The Labute approximate surface area is 125 Å². The number of nitrogens with zero attached hydrogens (tertiary/aromatic N) is 1. The van der Waals surface area contributed by atoms with E-state index in [1.807, 2.05) is 19.9 Å². The van der Waals surface area contributed by atoms with Crippen molar-refractivity contribution in [3.05, 3.63) is 24.3 Å². The molecule has 1 N–H and O–H groups in total. The van der Waals surface area contributed by atoms with Gasteiger partial charge in [-0.3, -0.25) is 4.99 Å². The van der Waals surface area contributed by atoms with Gasteiger partial charge in [0.2, 0.25) is 0 Å². The second-order valence-electron chi connectivity index (χ2n) is 5.93. The van der Waals surface area contributed by atoms with Crippen LogP contribution < -0.4 is 5.32 Å². The SMILES string of the molecule is C=C(/C=C\C(C)=NCCNCCCOCC)C(C)(C)C. The Morgan fingerprint density at radius 2 is 1.95 bits per heavy atom. The van der Waals surface area contributed by atoms with Gasteiger partial charge in [-0.15, -0.1) is 0 Å². The molecule has 0 spiro atoms. The van der Waals surface area contributed by atoms with Crippen molar-refractivity contribution in [1.82, 2.24) is 5.32 Å². The Hall–Kier alpha value is -0.930. The zero-order valence-corrected chi connectivity index (χ0v) is 14.0. The zero-order valence-electron chi connectivity index (χ0n) is 14.0. The van der Waals surface area contributed by atoms with Crippen LogP contribution >= 0.6 is 0 Å². The smallest absolute Gasteiger partial charge is 0.0517 e. The third-order valence-electron chi connectivity index (χ3n) is 2.99. The molecule has 0 unspecified atom stereocenters. The molecule has 0 heterocycles. The molecule has 0 aromatic rings. The van der Waals surface area contributed by atoms with Gasteiger partial charge in [0.1, 0.15) is 0 Å². The number of allylic oxidation sites excluding steroid dienone is 3. The van der Waals surface area contributed by atoms with Crippen molar-refractivity contribution in [2.24, 2.45) is 10.4 Å². The van der Waals surface area contributed by atoms with Gasteiger partial charge < -0.3 is 10.1 Å². The number of nitrogens with one attached hydrogen (secondary N) is 1. The summed E-state index contributed by atoms with van der Waals surface area (Å²) in [7, 11) is 0. The molecule has 0 aromatic carbocycles. The molecule has 0 atom stereocenters. The van der Waals surface area contributed by atoms with Crippen molar-refractivity contribution in [3.8, 4) is 0 Å². The first-order valence-corrected chi connectivity index (χ1v) is 7.55. The van der Waals surface area contributed by atoms with Gasteiger partial charge >= 0.3 is 0 Å². The van der Waals surface area contributed by atoms with Crippen molar-refractivity contribution in [2.75, 3.05) is 32.8 Å². The Bertz CT molecular complexity index is 324. The maximum atomic E-state index is 5.28. The summed E-state index contributed by atoms with van der Waals surface area (Å²) >= 11 is 0. The number of hydrogen-bond donors (Lipinski definition) is 1. The van der Waals surface area contributed by atoms with Gasteiger partial charge in [-0.25, -0.2) is 0 Å². The van der Waals surface area contributed by atoms with Crippen LogP contribution in [0.5, 0.6) is 0 Å². The van der Waals surface area contributed by atoms with E-state index in [0.717, 1.165) is 50.6 Å². The summed E-state index contributed by atoms with van der Waals surface area (Å²) in [5.74, 6) is 0. The maximum Gasteiger partial charge on any atom is 0.0517 e. The highest BCUT2D eigenvalue weighted by Crippen LogP contribution is 2.24. The van der Waals surface area contributed by atoms with Crippen LogP contribution in [0.25, 0.3) is 0 Å². The minimum Gasteiger partial charge on any atom is -0.382 e. The predicted octanol–water partition coefficient (Wildman–Crippen LogP) is 3.62. The third kappa shape index (κ3) is 10.9. The first kappa shape index (κ1) is 19.1. The van der Waals surface area contributed by atoms with Gasteiger partial charge in [0.05, 0.1) is 6.54 Å².